The summed E-state index contributed by atoms with van der Waals surface area (Å²) < 4.78 is 38.7. The summed E-state index contributed by atoms with van der Waals surface area (Å²) in [5, 5.41) is 0.862. The molecule has 11 heteroatoms. The number of fused-ring (bicyclic) bond motifs is 1. The molecule has 0 aliphatic carbocycles. The van der Waals surface area contributed by atoms with Crippen LogP contribution in [0.25, 0.3) is 10.2 Å². The van der Waals surface area contributed by atoms with Crippen molar-refractivity contribution in [3.63, 3.8) is 0 Å². The van der Waals surface area contributed by atoms with Crippen molar-refractivity contribution >= 4 is 42.6 Å². The smallest absolute Gasteiger partial charge is 0.253 e. The van der Waals surface area contributed by atoms with Crippen LogP contribution in [0, 0.1) is 0 Å². The molecule has 0 atom stereocenters. The third kappa shape index (κ3) is 4.80. The highest BCUT2D eigenvalue weighted by atomic mass is 32.2. The van der Waals surface area contributed by atoms with Crippen LogP contribution in [0.1, 0.15) is 24.2 Å². The van der Waals surface area contributed by atoms with Gasteiger partial charge in [0.15, 0.2) is 5.13 Å². The Balaban J connectivity index is 1.45. The predicted molar refractivity (Wildman–Crippen MR) is 137 cm³/mol. The maximum Gasteiger partial charge on any atom is 0.253 e. The first-order valence-corrected chi connectivity index (χ1v) is 13.8. The number of nitrogens with zero attached hydrogens (tertiary/aromatic N) is 4. The molecule has 1 aliphatic rings. The number of hydrogen-bond donors (Lipinski definition) is 0. The zero-order valence-electron chi connectivity index (χ0n) is 20.4. The van der Waals surface area contributed by atoms with E-state index in [0.29, 0.717) is 50.6 Å². The van der Waals surface area contributed by atoms with Gasteiger partial charge in [0.1, 0.15) is 21.7 Å². The molecule has 35 heavy (non-hydrogen) atoms. The van der Waals surface area contributed by atoms with Gasteiger partial charge >= 0.3 is 0 Å². The van der Waals surface area contributed by atoms with Crippen LogP contribution >= 0.6 is 11.3 Å². The molecule has 2 aromatic carbocycles. The molecule has 188 valence electrons. The summed E-state index contributed by atoms with van der Waals surface area (Å²) in [5.74, 6) is 1.34. The summed E-state index contributed by atoms with van der Waals surface area (Å²) in [6.07, 6.45) is 0. The minimum absolute atomic E-state index is 0.107. The highest BCUT2D eigenvalue weighted by molar-refractivity contribution is 7.89. The number of carbonyl (C=O) groups excluding carboxylic acids is 1. The van der Waals surface area contributed by atoms with E-state index in [1.807, 2.05) is 12.1 Å². The second-order valence-corrected chi connectivity index (χ2v) is 11.0. The van der Waals surface area contributed by atoms with Crippen LogP contribution in [0.3, 0.4) is 0 Å². The van der Waals surface area contributed by atoms with Crippen molar-refractivity contribution in [2.24, 2.45) is 0 Å². The Kier molecular flexibility index (Phi) is 7.48. The van der Waals surface area contributed by atoms with E-state index < -0.39 is 10.0 Å². The highest BCUT2D eigenvalue weighted by Crippen LogP contribution is 2.40. The van der Waals surface area contributed by atoms with E-state index in [9.17, 15) is 13.2 Å². The number of aromatic nitrogens is 1. The third-order valence-corrected chi connectivity index (χ3v) is 9.38. The van der Waals surface area contributed by atoms with Gasteiger partial charge in [0.2, 0.25) is 10.0 Å². The number of sulfonamides is 1. The van der Waals surface area contributed by atoms with Gasteiger partial charge in [0.25, 0.3) is 5.91 Å². The van der Waals surface area contributed by atoms with E-state index in [1.54, 1.807) is 56.4 Å². The van der Waals surface area contributed by atoms with Crippen LogP contribution in [0.15, 0.2) is 41.3 Å². The van der Waals surface area contributed by atoms with E-state index in [0.717, 1.165) is 21.1 Å². The second-order valence-electron chi connectivity index (χ2n) is 8.04. The van der Waals surface area contributed by atoms with Crippen molar-refractivity contribution in [2.75, 3.05) is 58.4 Å². The topological polar surface area (TPSA) is 92.3 Å². The number of hydrogen-bond acceptors (Lipinski definition) is 8. The zero-order chi connectivity index (χ0) is 25.2. The molecule has 1 aliphatic heterocycles. The Bertz CT molecular complexity index is 1250. The van der Waals surface area contributed by atoms with E-state index in [-0.39, 0.29) is 10.8 Å². The van der Waals surface area contributed by atoms with Crippen molar-refractivity contribution in [1.82, 2.24) is 14.2 Å². The molecular formula is C24H30N4O5S2. The minimum atomic E-state index is -3.55. The normalized spacial score (nSPS) is 14.5. The summed E-state index contributed by atoms with van der Waals surface area (Å²) in [6, 6.07) is 9.94. The maximum atomic E-state index is 13.1. The largest absolute Gasteiger partial charge is 0.495 e. The van der Waals surface area contributed by atoms with E-state index in [2.05, 4.69) is 4.90 Å². The van der Waals surface area contributed by atoms with Crippen LogP contribution in [-0.2, 0) is 10.0 Å². The molecular weight excluding hydrogens is 488 g/mol. The van der Waals surface area contributed by atoms with E-state index in [4.69, 9.17) is 14.5 Å². The zero-order valence-corrected chi connectivity index (χ0v) is 22.0. The van der Waals surface area contributed by atoms with Gasteiger partial charge in [-0.05, 0) is 36.4 Å². The Morgan fingerprint density at radius 3 is 2.14 bits per heavy atom. The van der Waals surface area contributed by atoms with E-state index in [1.165, 1.54) is 16.4 Å². The second kappa shape index (κ2) is 10.4. The van der Waals surface area contributed by atoms with Crippen molar-refractivity contribution in [3.8, 4) is 11.5 Å². The lowest BCUT2D eigenvalue weighted by molar-refractivity contribution is 0.0746. The van der Waals surface area contributed by atoms with Gasteiger partial charge in [-0.15, -0.1) is 0 Å². The highest BCUT2D eigenvalue weighted by Gasteiger charge is 2.26. The number of benzene rings is 2. The lowest BCUT2D eigenvalue weighted by Gasteiger charge is -2.34. The number of piperazine rings is 1. The van der Waals surface area contributed by atoms with Gasteiger partial charge in [-0.3, -0.25) is 4.79 Å². The first-order valence-electron chi connectivity index (χ1n) is 11.5. The lowest BCUT2D eigenvalue weighted by Crippen LogP contribution is -2.48. The van der Waals surface area contributed by atoms with Gasteiger partial charge < -0.3 is 19.3 Å². The number of carbonyl (C=O) groups is 1. The van der Waals surface area contributed by atoms with Gasteiger partial charge in [-0.25, -0.2) is 13.4 Å². The summed E-state index contributed by atoms with van der Waals surface area (Å²) in [7, 11) is -0.293. The molecule has 2 heterocycles. The molecule has 1 saturated heterocycles. The summed E-state index contributed by atoms with van der Waals surface area (Å²) >= 11 is 1.55. The monoisotopic (exact) mass is 518 g/mol. The Labute approximate surface area is 209 Å². The Hall–Kier alpha value is -2.89. The molecule has 0 saturated carbocycles. The van der Waals surface area contributed by atoms with Gasteiger partial charge in [-0.2, -0.15) is 4.31 Å². The maximum absolute atomic E-state index is 13.1. The quantitative estimate of drug-likeness (QED) is 0.452. The minimum Gasteiger partial charge on any atom is -0.495 e. The Morgan fingerprint density at radius 2 is 1.57 bits per heavy atom. The van der Waals surface area contributed by atoms with Crippen LogP contribution < -0.4 is 14.4 Å². The summed E-state index contributed by atoms with van der Waals surface area (Å²) in [6.45, 7) is 6.79. The van der Waals surface area contributed by atoms with Crippen molar-refractivity contribution in [3.05, 3.63) is 42.0 Å². The molecule has 1 amide bonds. The number of anilines is 1. The van der Waals surface area contributed by atoms with Crippen LogP contribution in [-0.4, -0.2) is 82.0 Å². The first-order chi connectivity index (χ1) is 16.8. The first kappa shape index (κ1) is 25.2. The lowest BCUT2D eigenvalue weighted by atomic mass is 10.2. The van der Waals surface area contributed by atoms with E-state index >= 15 is 0 Å². The summed E-state index contributed by atoms with van der Waals surface area (Å²) in [5.41, 5.74) is 1.25. The molecule has 0 N–H and O–H groups in total. The fourth-order valence-corrected chi connectivity index (χ4v) is 6.76. The van der Waals surface area contributed by atoms with Crippen LogP contribution in [0.4, 0.5) is 5.13 Å². The SMILES string of the molecule is CCN(CC)S(=O)(=O)c1ccc(C(=O)N2CCN(c3nc4c(OC)ccc(OC)c4s3)CC2)cc1. The van der Waals surface area contributed by atoms with Gasteiger partial charge in [0, 0.05) is 44.8 Å². The van der Waals surface area contributed by atoms with Gasteiger partial charge in [0.05, 0.1) is 19.1 Å². The average Bonchev–Trinajstić information content (AvgIpc) is 3.34. The van der Waals surface area contributed by atoms with Crippen LogP contribution in [0.2, 0.25) is 0 Å². The van der Waals surface area contributed by atoms with Crippen molar-refractivity contribution in [1.29, 1.82) is 0 Å². The van der Waals surface area contributed by atoms with Gasteiger partial charge in [-0.1, -0.05) is 25.2 Å². The molecule has 1 aromatic heterocycles. The standard InChI is InChI=1S/C24H30N4O5S2/c1-5-28(6-2)35(30,31)18-9-7-17(8-10-18)23(29)26-13-15-27(16-14-26)24-25-21-19(32-3)11-12-20(33-4)22(21)34-24/h7-12H,5-6,13-16H2,1-4H3. The van der Waals surface area contributed by atoms with Crippen LogP contribution in [0.5, 0.6) is 11.5 Å². The van der Waals surface area contributed by atoms with Crippen molar-refractivity contribution in [2.45, 2.75) is 18.7 Å². The fraction of sp³-hybridized carbons (Fsp3) is 0.417. The Morgan fingerprint density at radius 1 is 0.971 bits per heavy atom. The predicted octanol–water partition coefficient (Wildman–Crippen LogP) is 3.31. The number of thiazole rings is 1. The van der Waals surface area contributed by atoms with Crippen molar-refractivity contribution < 1.29 is 22.7 Å². The molecule has 0 spiro atoms. The third-order valence-electron chi connectivity index (χ3n) is 6.18. The fourth-order valence-electron chi connectivity index (χ4n) is 4.18. The number of rotatable bonds is 8. The molecule has 9 nitrogen and oxygen atoms in total. The molecule has 0 bridgehead atoms. The summed E-state index contributed by atoms with van der Waals surface area (Å²) in [4.78, 5) is 22.0. The molecule has 1 fully saturated rings. The molecule has 4 rings (SSSR count). The molecule has 3 aromatic rings. The number of ether oxygens (including phenoxy) is 2. The molecule has 0 radical (unpaired) electrons. The average molecular weight is 519 g/mol. The number of amides is 1. The number of methoxy groups -OCH3 is 2. The molecule has 0 unspecified atom stereocenters.